The molecule has 0 radical (unpaired) electrons. The Bertz CT molecular complexity index is 927. The van der Waals surface area contributed by atoms with E-state index in [0.717, 1.165) is 31.5 Å². The minimum atomic E-state index is -0.482. The molecule has 0 saturated carbocycles. The molecule has 1 aromatic carbocycles. The van der Waals surface area contributed by atoms with Gasteiger partial charge in [-0.15, -0.1) is 0 Å². The third-order valence-corrected chi connectivity index (χ3v) is 5.69. The number of hydrogen-bond acceptors (Lipinski definition) is 6. The molecule has 2 heterocycles. The summed E-state index contributed by atoms with van der Waals surface area (Å²) in [5.41, 5.74) is 2.62. The van der Waals surface area contributed by atoms with Crippen LogP contribution in [-0.2, 0) is 16.0 Å². The second kappa shape index (κ2) is 10.4. The van der Waals surface area contributed by atoms with E-state index in [1.165, 1.54) is 0 Å². The van der Waals surface area contributed by atoms with Crippen molar-refractivity contribution in [3.63, 3.8) is 0 Å². The number of hydrogen-bond donors (Lipinski definition) is 1. The first kappa shape index (κ1) is 22.7. The first-order chi connectivity index (χ1) is 15.0. The Labute approximate surface area is 182 Å². The lowest BCUT2D eigenvalue weighted by atomic mass is 9.89. The van der Waals surface area contributed by atoms with Crippen molar-refractivity contribution < 1.29 is 23.9 Å². The quantitative estimate of drug-likeness (QED) is 0.511. The Morgan fingerprint density at radius 1 is 1.00 bits per heavy atom. The first-order valence-electron chi connectivity index (χ1n) is 10.8. The molecule has 1 fully saturated rings. The summed E-state index contributed by atoms with van der Waals surface area (Å²) in [5.74, 6) is -0.740. The first-order valence-corrected chi connectivity index (χ1v) is 10.8. The molecule has 0 spiro atoms. The molecule has 31 heavy (non-hydrogen) atoms. The summed E-state index contributed by atoms with van der Waals surface area (Å²) in [6, 6.07) is 9.39. The lowest BCUT2D eigenvalue weighted by Crippen LogP contribution is -2.36. The fourth-order valence-corrected chi connectivity index (χ4v) is 4.08. The molecule has 1 N–H and O–H groups in total. The zero-order valence-corrected chi connectivity index (χ0v) is 18.4. The Morgan fingerprint density at radius 3 is 2.23 bits per heavy atom. The number of aromatic nitrogens is 1. The highest BCUT2D eigenvalue weighted by molar-refractivity contribution is 5.99. The van der Waals surface area contributed by atoms with Gasteiger partial charge in [-0.05, 0) is 52.3 Å². The number of likely N-dealkylation sites (tertiary alicyclic amines) is 1. The van der Waals surface area contributed by atoms with E-state index >= 15 is 0 Å². The lowest BCUT2D eigenvalue weighted by Gasteiger charge is -2.31. The number of piperidine rings is 1. The van der Waals surface area contributed by atoms with Gasteiger partial charge in [-0.2, -0.15) is 0 Å². The fourth-order valence-electron chi connectivity index (χ4n) is 4.08. The van der Waals surface area contributed by atoms with Crippen molar-refractivity contribution in [1.82, 2.24) is 9.88 Å². The van der Waals surface area contributed by atoms with E-state index in [2.05, 4.69) is 9.88 Å². The predicted molar refractivity (Wildman–Crippen MR) is 116 cm³/mol. The van der Waals surface area contributed by atoms with E-state index in [4.69, 9.17) is 9.47 Å². The van der Waals surface area contributed by atoms with Crippen LogP contribution in [0.2, 0.25) is 0 Å². The summed E-state index contributed by atoms with van der Waals surface area (Å²) in [4.78, 5) is 42.9. The molecule has 0 amide bonds. The molecule has 7 heteroatoms. The molecule has 166 valence electrons. The van der Waals surface area contributed by atoms with Gasteiger partial charge < -0.3 is 14.5 Å². The third kappa shape index (κ3) is 5.22. The molecule has 1 saturated heterocycles. The van der Waals surface area contributed by atoms with Crippen LogP contribution in [0, 0.1) is 12.8 Å². The highest BCUT2D eigenvalue weighted by atomic mass is 16.5. The van der Waals surface area contributed by atoms with Crippen LogP contribution in [0.25, 0.3) is 0 Å². The van der Waals surface area contributed by atoms with Crippen molar-refractivity contribution >= 4 is 17.7 Å². The van der Waals surface area contributed by atoms with Crippen LogP contribution in [0.4, 0.5) is 0 Å². The zero-order valence-electron chi connectivity index (χ0n) is 18.4. The summed E-state index contributed by atoms with van der Waals surface area (Å²) in [6.07, 6.45) is 1.51. The minimum Gasteiger partial charge on any atom is -0.462 e. The normalized spacial score (nSPS) is 14.9. The maximum absolute atomic E-state index is 12.7. The van der Waals surface area contributed by atoms with Crippen LogP contribution in [-0.4, -0.2) is 53.9 Å². The van der Waals surface area contributed by atoms with E-state index in [1.807, 2.05) is 30.3 Å². The zero-order chi connectivity index (χ0) is 22.4. The van der Waals surface area contributed by atoms with Crippen molar-refractivity contribution in [3.8, 4) is 0 Å². The van der Waals surface area contributed by atoms with Crippen LogP contribution in [0.3, 0.4) is 0 Å². The van der Waals surface area contributed by atoms with E-state index in [1.54, 1.807) is 20.8 Å². The number of nitrogens with one attached hydrogen (secondary N) is 1. The number of ketones is 1. The molecule has 3 rings (SSSR count). The van der Waals surface area contributed by atoms with Crippen LogP contribution >= 0.6 is 0 Å². The van der Waals surface area contributed by atoms with E-state index < -0.39 is 11.9 Å². The number of esters is 2. The monoisotopic (exact) mass is 426 g/mol. The highest BCUT2D eigenvalue weighted by Gasteiger charge is 2.29. The van der Waals surface area contributed by atoms with Crippen LogP contribution < -0.4 is 0 Å². The van der Waals surface area contributed by atoms with Gasteiger partial charge in [0.2, 0.25) is 0 Å². The number of carbonyl (C=O) groups excluding carboxylic acids is 3. The Morgan fingerprint density at radius 2 is 1.61 bits per heavy atom. The molecule has 1 aliphatic heterocycles. The van der Waals surface area contributed by atoms with Crippen LogP contribution in [0.5, 0.6) is 0 Å². The second-order valence-corrected chi connectivity index (χ2v) is 7.70. The smallest absolute Gasteiger partial charge is 0.355 e. The number of aromatic amines is 1. The summed E-state index contributed by atoms with van der Waals surface area (Å²) in [7, 11) is 0. The number of ether oxygens (including phenoxy) is 2. The summed E-state index contributed by atoms with van der Waals surface area (Å²) in [6.45, 7) is 7.67. The number of carbonyl (C=O) groups is 3. The molecular weight excluding hydrogens is 396 g/mol. The van der Waals surface area contributed by atoms with Gasteiger partial charge in [0.1, 0.15) is 5.69 Å². The van der Waals surface area contributed by atoms with Gasteiger partial charge in [0, 0.05) is 23.7 Å². The average Bonchev–Trinajstić information content (AvgIpc) is 3.10. The molecule has 0 bridgehead atoms. The molecular formula is C24H30N2O5. The van der Waals surface area contributed by atoms with Crippen LogP contribution in [0.1, 0.15) is 69.2 Å². The van der Waals surface area contributed by atoms with Crippen molar-refractivity contribution in [2.45, 2.75) is 40.2 Å². The predicted octanol–water partition coefficient (Wildman–Crippen LogP) is 3.77. The molecule has 1 aliphatic rings. The number of benzene rings is 1. The Hall–Kier alpha value is -2.93. The van der Waals surface area contributed by atoms with Gasteiger partial charge in [0.15, 0.2) is 5.78 Å². The number of rotatable bonds is 8. The topological polar surface area (TPSA) is 88.7 Å². The molecule has 0 atom stereocenters. The Balaban J connectivity index is 1.72. The molecule has 2 aromatic rings. The number of Topliss-reactive ketones (excluding diaryl/α,β-unsaturated/α-hetero) is 1. The minimum absolute atomic E-state index is 0.00338. The molecule has 0 unspecified atom stereocenters. The average molecular weight is 427 g/mol. The van der Waals surface area contributed by atoms with E-state index in [9.17, 15) is 14.4 Å². The lowest BCUT2D eigenvalue weighted by molar-refractivity contribution is 0.0516. The number of H-pyrrole nitrogens is 1. The molecule has 0 aliphatic carbocycles. The van der Waals surface area contributed by atoms with Gasteiger partial charge in [0.05, 0.1) is 18.8 Å². The van der Waals surface area contributed by atoms with E-state index in [-0.39, 0.29) is 30.6 Å². The highest BCUT2D eigenvalue weighted by Crippen LogP contribution is 2.26. The van der Waals surface area contributed by atoms with Crippen molar-refractivity contribution in [1.29, 1.82) is 0 Å². The summed E-state index contributed by atoms with van der Waals surface area (Å²) in [5, 5.41) is 0. The summed E-state index contributed by atoms with van der Waals surface area (Å²) < 4.78 is 10.3. The largest absolute Gasteiger partial charge is 0.462 e. The van der Waals surface area contributed by atoms with Gasteiger partial charge in [-0.3, -0.25) is 9.69 Å². The third-order valence-electron chi connectivity index (χ3n) is 5.69. The van der Waals surface area contributed by atoms with Crippen LogP contribution in [0.15, 0.2) is 30.3 Å². The standard InChI is InChI=1S/C24H30N2O5/c1-4-30-23(28)20-16(3)21(24(29)31-5-2)25-19(20)15-26-13-11-18(12-14-26)22(27)17-9-7-6-8-10-17/h6-10,18,25H,4-5,11-15H2,1-3H3. The van der Waals surface area contributed by atoms with Crippen molar-refractivity contribution in [2.75, 3.05) is 26.3 Å². The molecule has 7 nitrogen and oxygen atoms in total. The van der Waals surface area contributed by atoms with Crippen molar-refractivity contribution in [3.05, 3.63) is 58.4 Å². The summed E-state index contributed by atoms with van der Waals surface area (Å²) >= 11 is 0. The van der Waals surface area contributed by atoms with Gasteiger partial charge in [-0.25, -0.2) is 9.59 Å². The van der Waals surface area contributed by atoms with E-state index in [0.29, 0.717) is 23.4 Å². The maximum Gasteiger partial charge on any atom is 0.355 e. The van der Waals surface area contributed by atoms with Gasteiger partial charge >= 0.3 is 11.9 Å². The second-order valence-electron chi connectivity index (χ2n) is 7.70. The van der Waals surface area contributed by atoms with Gasteiger partial charge in [-0.1, -0.05) is 30.3 Å². The maximum atomic E-state index is 12.7. The fraction of sp³-hybridized carbons (Fsp3) is 0.458. The number of nitrogens with zero attached hydrogens (tertiary/aromatic N) is 1. The Kier molecular flexibility index (Phi) is 7.63. The molecule has 1 aromatic heterocycles. The SMILES string of the molecule is CCOC(=O)c1[nH]c(CN2CCC(C(=O)c3ccccc3)CC2)c(C(=O)OCC)c1C. The van der Waals surface area contributed by atoms with Gasteiger partial charge in [0.25, 0.3) is 0 Å². The van der Waals surface area contributed by atoms with Crippen molar-refractivity contribution in [2.24, 2.45) is 5.92 Å².